The fraction of sp³-hybridized carbons (Fsp3) is 0.938. The van der Waals surface area contributed by atoms with Crippen molar-refractivity contribution in [2.45, 2.75) is 38.5 Å². The summed E-state index contributed by atoms with van der Waals surface area (Å²) in [4.78, 5) is 13.8. The number of nitrogens with zero attached hydrogens (tertiary/aromatic N) is 1. The van der Waals surface area contributed by atoms with E-state index >= 15 is 0 Å². The van der Waals surface area contributed by atoms with Gasteiger partial charge in [0, 0.05) is 13.1 Å². The van der Waals surface area contributed by atoms with Crippen LogP contribution in [0, 0.1) is 35.5 Å². The van der Waals surface area contributed by atoms with Gasteiger partial charge in [-0.2, -0.15) is 0 Å². The van der Waals surface area contributed by atoms with E-state index in [0.29, 0.717) is 0 Å². The zero-order valence-electron chi connectivity index (χ0n) is 11.8. The maximum Gasteiger partial charge on any atom is 0.236 e. The predicted octanol–water partition coefficient (Wildman–Crippen LogP) is 1.87. The summed E-state index contributed by atoms with van der Waals surface area (Å²) in [7, 11) is 0. The number of carbonyl (C=O) groups is 1. The molecule has 5 fully saturated rings. The van der Waals surface area contributed by atoms with Crippen LogP contribution >= 0.6 is 0 Å². The number of nitrogens with two attached hydrogens (primary N) is 1. The van der Waals surface area contributed by atoms with Crippen molar-refractivity contribution < 1.29 is 4.79 Å². The smallest absolute Gasteiger partial charge is 0.236 e. The molecule has 1 amide bonds. The second-order valence-electron chi connectivity index (χ2n) is 7.60. The Balaban J connectivity index is 1.47. The highest BCUT2D eigenvalue weighted by Gasteiger charge is 2.51. The molecule has 4 bridgehead atoms. The van der Waals surface area contributed by atoms with Crippen molar-refractivity contribution in [2.75, 3.05) is 19.6 Å². The Bertz CT molecular complexity index is 353. The average molecular weight is 262 g/mol. The first-order valence-electron chi connectivity index (χ1n) is 8.22. The quantitative estimate of drug-likeness (QED) is 0.825. The average Bonchev–Trinajstić information content (AvgIpc) is 2.86. The standard InChI is InChI=1S/C16H26N2O/c17-8-15(19)18-2-1-12(9-18)16-13-4-10-3-11(6-13)7-14(16)5-10/h10-14,16H,1-9,17H2. The van der Waals surface area contributed by atoms with Gasteiger partial charge in [-0.1, -0.05) is 0 Å². The van der Waals surface area contributed by atoms with Crippen LogP contribution in [0.2, 0.25) is 0 Å². The summed E-state index contributed by atoms with van der Waals surface area (Å²) in [5.41, 5.74) is 5.50. The Morgan fingerprint density at radius 1 is 1.00 bits per heavy atom. The van der Waals surface area contributed by atoms with Crippen LogP contribution in [0.15, 0.2) is 0 Å². The second kappa shape index (κ2) is 4.47. The first-order valence-corrected chi connectivity index (χ1v) is 8.22. The fourth-order valence-electron chi connectivity index (χ4n) is 6.19. The minimum Gasteiger partial charge on any atom is -0.341 e. The van der Waals surface area contributed by atoms with Crippen molar-refractivity contribution in [2.24, 2.45) is 41.2 Å². The van der Waals surface area contributed by atoms with E-state index in [0.717, 1.165) is 48.6 Å². The molecule has 4 aliphatic carbocycles. The van der Waals surface area contributed by atoms with E-state index in [4.69, 9.17) is 5.73 Å². The van der Waals surface area contributed by atoms with Gasteiger partial charge in [-0.15, -0.1) is 0 Å². The summed E-state index contributed by atoms with van der Waals surface area (Å²) >= 11 is 0. The van der Waals surface area contributed by atoms with Crippen LogP contribution in [0.5, 0.6) is 0 Å². The van der Waals surface area contributed by atoms with E-state index in [1.807, 2.05) is 4.90 Å². The summed E-state index contributed by atoms with van der Waals surface area (Å²) in [5, 5.41) is 0. The first-order chi connectivity index (χ1) is 9.24. The monoisotopic (exact) mass is 262 g/mol. The number of rotatable bonds is 2. The van der Waals surface area contributed by atoms with Gasteiger partial charge in [-0.25, -0.2) is 0 Å². The van der Waals surface area contributed by atoms with Crippen LogP contribution in [0.4, 0.5) is 0 Å². The predicted molar refractivity (Wildman–Crippen MR) is 74.3 cm³/mol. The van der Waals surface area contributed by atoms with Gasteiger partial charge < -0.3 is 10.6 Å². The topological polar surface area (TPSA) is 46.3 Å². The Kier molecular flexibility index (Phi) is 2.87. The molecule has 0 aromatic heterocycles. The molecule has 19 heavy (non-hydrogen) atoms. The van der Waals surface area contributed by atoms with E-state index in [9.17, 15) is 4.79 Å². The van der Waals surface area contributed by atoms with Gasteiger partial charge in [0.25, 0.3) is 0 Å². The molecule has 5 rings (SSSR count). The minimum absolute atomic E-state index is 0.159. The zero-order valence-corrected chi connectivity index (χ0v) is 11.8. The molecule has 1 atom stereocenters. The fourth-order valence-corrected chi connectivity index (χ4v) is 6.19. The van der Waals surface area contributed by atoms with Crippen LogP contribution in [-0.4, -0.2) is 30.4 Å². The zero-order chi connectivity index (χ0) is 13.0. The molecule has 0 aromatic rings. The summed E-state index contributed by atoms with van der Waals surface area (Å²) < 4.78 is 0. The molecule has 1 saturated heterocycles. The molecular weight excluding hydrogens is 236 g/mol. The molecule has 1 unspecified atom stereocenters. The number of hydrogen-bond acceptors (Lipinski definition) is 2. The van der Waals surface area contributed by atoms with Crippen molar-refractivity contribution in [1.82, 2.24) is 4.90 Å². The van der Waals surface area contributed by atoms with E-state index < -0.39 is 0 Å². The first kappa shape index (κ1) is 12.2. The number of hydrogen-bond donors (Lipinski definition) is 1. The lowest BCUT2D eigenvalue weighted by Gasteiger charge is -2.56. The summed E-state index contributed by atoms with van der Waals surface area (Å²) in [5.74, 6) is 5.98. The molecule has 5 aliphatic rings. The highest BCUT2D eigenvalue weighted by atomic mass is 16.2. The Morgan fingerprint density at radius 2 is 1.63 bits per heavy atom. The Morgan fingerprint density at radius 3 is 2.21 bits per heavy atom. The van der Waals surface area contributed by atoms with Gasteiger partial charge in [-0.3, -0.25) is 4.79 Å². The highest BCUT2D eigenvalue weighted by Crippen LogP contribution is 2.59. The van der Waals surface area contributed by atoms with Crippen LogP contribution in [0.1, 0.15) is 38.5 Å². The highest BCUT2D eigenvalue weighted by molar-refractivity contribution is 5.78. The molecule has 4 saturated carbocycles. The largest absolute Gasteiger partial charge is 0.341 e. The third kappa shape index (κ3) is 1.93. The summed E-state index contributed by atoms with van der Waals surface area (Å²) in [6.07, 6.45) is 8.76. The molecule has 0 spiro atoms. The molecule has 106 valence electrons. The maximum atomic E-state index is 11.7. The van der Waals surface area contributed by atoms with E-state index in [-0.39, 0.29) is 12.5 Å². The van der Waals surface area contributed by atoms with Gasteiger partial charge in [0.05, 0.1) is 6.54 Å². The number of likely N-dealkylation sites (tertiary alicyclic amines) is 1. The van der Waals surface area contributed by atoms with Crippen LogP contribution < -0.4 is 5.73 Å². The van der Waals surface area contributed by atoms with Crippen molar-refractivity contribution in [3.8, 4) is 0 Å². The number of carbonyl (C=O) groups excluding carboxylic acids is 1. The third-order valence-electron chi connectivity index (χ3n) is 6.60. The summed E-state index contributed by atoms with van der Waals surface area (Å²) in [6, 6.07) is 0. The molecule has 3 nitrogen and oxygen atoms in total. The molecule has 1 heterocycles. The third-order valence-corrected chi connectivity index (χ3v) is 6.60. The Hall–Kier alpha value is -0.570. The van der Waals surface area contributed by atoms with E-state index in [2.05, 4.69) is 0 Å². The van der Waals surface area contributed by atoms with Gasteiger partial charge >= 0.3 is 0 Å². The summed E-state index contributed by atoms with van der Waals surface area (Å²) in [6.45, 7) is 2.15. The van der Waals surface area contributed by atoms with Crippen molar-refractivity contribution in [3.63, 3.8) is 0 Å². The maximum absolute atomic E-state index is 11.7. The minimum atomic E-state index is 0.159. The van der Waals surface area contributed by atoms with Gasteiger partial charge in [0.15, 0.2) is 0 Å². The normalized spacial score (nSPS) is 47.9. The van der Waals surface area contributed by atoms with E-state index in [1.54, 1.807) is 0 Å². The van der Waals surface area contributed by atoms with Crippen LogP contribution in [0.3, 0.4) is 0 Å². The molecular formula is C16H26N2O. The molecule has 0 aromatic carbocycles. The van der Waals surface area contributed by atoms with Gasteiger partial charge in [0.1, 0.15) is 0 Å². The molecule has 1 aliphatic heterocycles. The second-order valence-corrected chi connectivity index (χ2v) is 7.60. The van der Waals surface area contributed by atoms with Gasteiger partial charge in [0.2, 0.25) is 5.91 Å². The van der Waals surface area contributed by atoms with E-state index in [1.165, 1.54) is 38.5 Å². The molecule has 0 radical (unpaired) electrons. The molecule has 2 N–H and O–H groups in total. The SMILES string of the molecule is NCC(=O)N1CCC(C2C3CC4CC(C3)CC2C4)C1. The van der Waals surface area contributed by atoms with Crippen LogP contribution in [0.25, 0.3) is 0 Å². The molecule has 3 heteroatoms. The van der Waals surface area contributed by atoms with Crippen molar-refractivity contribution in [1.29, 1.82) is 0 Å². The van der Waals surface area contributed by atoms with Crippen LogP contribution in [-0.2, 0) is 4.79 Å². The van der Waals surface area contributed by atoms with Crippen molar-refractivity contribution in [3.05, 3.63) is 0 Å². The van der Waals surface area contributed by atoms with Crippen molar-refractivity contribution >= 4 is 5.91 Å². The Labute approximate surface area is 115 Å². The lowest BCUT2D eigenvalue weighted by atomic mass is 9.49. The number of amides is 1. The van der Waals surface area contributed by atoms with Gasteiger partial charge in [-0.05, 0) is 74.0 Å². The lowest BCUT2D eigenvalue weighted by molar-refractivity contribution is -0.129. The lowest BCUT2D eigenvalue weighted by Crippen LogP contribution is -2.48.